The first kappa shape index (κ1) is 13.7. The molecule has 0 amide bonds. The second-order valence-corrected chi connectivity index (χ2v) is 5.31. The summed E-state index contributed by atoms with van der Waals surface area (Å²) < 4.78 is 37.5. The SMILES string of the molecule is Cl.FC(F)(F)c1cccc(CNC23CC(C2)C3)c1. The Morgan fingerprint density at radius 3 is 2.39 bits per heavy atom. The Morgan fingerprint density at radius 1 is 1.22 bits per heavy atom. The molecule has 3 saturated carbocycles. The van der Waals surface area contributed by atoms with E-state index in [2.05, 4.69) is 5.32 Å². The summed E-state index contributed by atoms with van der Waals surface area (Å²) in [7, 11) is 0. The van der Waals surface area contributed by atoms with Gasteiger partial charge in [-0.05, 0) is 36.8 Å². The average Bonchev–Trinajstić information content (AvgIpc) is 2.12. The molecule has 18 heavy (non-hydrogen) atoms. The fraction of sp³-hybridized carbons (Fsp3) is 0.538. The number of alkyl halides is 3. The molecule has 0 aliphatic heterocycles. The Bertz CT molecular complexity index is 427. The van der Waals surface area contributed by atoms with E-state index < -0.39 is 11.7 Å². The van der Waals surface area contributed by atoms with E-state index in [-0.39, 0.29) is 17.9 Å². The molecule has 3 aliphatic carbocycles. The van der Waals surface area contributed by atoms with E-state index in [9.17, 15) is 13.2 Å². The minimum atomic E-state index is -4.24. The Labute approximate surface area is 110 Å². The van der Waals surface area contributed by atoms with Crippen molar-refractivity contribution in [1.82, 2.24) is 5.32 Å². The number of benzene rings is 1. The van der Waals surface area contributed by atoms with E-state index >= 15 is 0 Å². The molecule has 0 aromatic heterocycles. The second-order valence-electron chi connectivity index (χ2n) is 5.31. The highest BCUT2D eigenvalue weighted by molar-refractivity contribution is 5.85. The van der Waals surface area contributed by atoms with Crippen molar-refractivity contribution in [1.29, 1.82) is 0 Å². The maximum Gasteiger partial charge on any atom is 0.416 e. The first-order valence-corrected chi connectivity index (χ1v) is 5.88. The topological polar surface area (TPSA) is 12.0 Å². The van der Waals surface area contributed by atoms with Gasteiger partial charge in [-0.25, -0.2) is 0 Å². The van der Waals surface area contributed by atoms with E-state index in [1.807, 2.05) is 0 Å². The van der Waals surface area contributed by atoms with Crippen LogP contribution in [0.5, 0.6) is 0 Å². The van der Waals surface area contributed by atoms with Crippen LogP contribution in [0.2, 0.25) is 0 Å². The lowest BCUT2D eigenvalue weighted by Gasteiger charge is -2.62. The smallest absolute Gasteiger partial charge is 0.307 e. The molecule has 5 heteroatoms. The van der Waals surface area contributed by atoms with Crippen LogP contribution in [-0.2, 0) is 12.7 Å². The van der Waals surface area contributed by atoms with Gasteiger partial charge in [-0.3, -0.25) is 0 Å². The lowest BCUT2D eigenvalue weighted by atomic mass is 9.50. The van der Waals surface area contributed by atoms with Crippen LogP contribution in [0.15, 0.2) is 24.3 Å². The molecular formula is C13H15ClF3N. The predicted octanol–water partition coefficient (Wildman–Crippen LogP) is 3.77. The molecule has 3 fully saturated rings. The van der Waals surface area contributed by atoms with Crippen LogP contribution < -0.4 is 5.32 Å². The van der Waals surface area contributed by atoms with Crippen molar-refractivity contribution < 1.29 is 13.2 Å². The van der Waals surface area contributed by atoms with Gasteiger partial charge in [-0.1, -0.05) is 18.2 Å². The molecule has 3 aliphatic rings. The van der Waals surface area contributed by atoms with Gasteiger partial charge in [-0.15, -0.1) is 12.4 Å². The normalized spacial score (nSPS) is 28.9. The summed E-state index contributed by atoms with van der Waals surface area (Å²) in [6, 6.07) is 5.57. The van der Waals surface area contributed by atoms with Crippen LogP contribution in [0.1, 0.15) is 30.4 Å². The van der Waals surface area contributed by atoms with Crippen molar-refractivity contribution in [3.05, 3.63) is 35.4 Å². The van der Waals surface area contributed by atoms with E-state index in [0.717, 1.165) is 12.0 Å². The van der Waals surface area contributed by atoms with Crippen LogP contribution in [0, 0.1) is 5.92 Å². The lowest BCUT2D eigenvalue weighted by Crippen LogP contribution is -2.66. The van der Waals surface area contributed by atoms with Crippen molar-refractivity contribution in [2.45, 2.75) is 37.5 Å². The summed E-state index contributed by atoms with van der Waals surface area (Å²) in [6.45, 7) is 0.538. The van der Waals surface area contributed by atoms with Crippen LogP contribution in [0.25, 0.3) is 0 Å². The van der Waals surface area contributed by atoms with E-state index in [1.54, 1.807) is 6.07 Å². The Morgan fingerprint density at radius 2 is 1.89 bits per heavy atom. The summed E-state index contributed by atoms with van der Waals surface area (Å²) in [5.74, 6) is 0.879. The van der Waals surface area contributed by atoms with Crippen molar-refractivity contribution >= 4 is 12.4 Å². The Hall–Kier alpha value is -0.740. The van der Waals surface area contributed by atoms with Gasteiger partial charge in [0.05, 0.1) is 5.56 Å². The van der Waals surface area contributed by atoms with Gasteiger partial charge >= 0.3 is 6.18 Å². The number of hydrogen-bond donors (Lipinski definition) is 1. The number of hydrogen-bond acceptors (Lipinski definition) is 1. The van der Waals surface area contributed by atoms with E-state index in [1.165, 1.54) is 31.4 Å². The van der Waals surface area contributed by atoms with Gasteiger partial charge in [0.25, 0.3) is 0 Å². The highest BCUT2D eigenvalue weighted by Gasteiger charge is 2.55. The molecule has 0 atom stereocenters. The van der Waals surface area contributed by atoms with Crippen LogP contribution in [-0.4, -0.2) is 5.54 Å². The molecule has 0 unspecified atom stereocenters. The molecule has 0 radical (unpaired) electrons. The van der Waals surface area contributed by atoms with Crippen LogP contribution in [0.4, 0.5) is 13.2 Å². The summed E-state index contributed by atoms with van der Waals surface area (Å²) in [5, 5.41) is 3.39. The van der Waals surface area contributed by atoms with Crippen LogP contribution in [0.3, 0.4) is 0 Å². The zero-order valence-corrected chi connectivity index (χ0v) is 10.6. The molecule has 4 rings (SSSR count). The molecule has 1 aromatic rings. The summed E-state index contributed by atoms with van der Waals surface area (Å²) >= 11 is 0. The van der Waals surface area contributed by atoms with Crippen LogP contribution >= 0.6 is 12.4 Å². The predicted molar refractivity (Wildman–Crippen MR) is 65.6 cm³/mol. The molecule has 1 nitrogen and oxygen atoms in total. The standard InChI is InChI=1S/C13H14F3N.ClH/c14-13(15,16)11-3-1-2-9(4-11)8-17-12-5-10(6-12)7-12;/h1-4,10,17H,5-8H2;1H. The third-order valence-electron chi connectivity index (χ3n) is 3.96. The van der Waals surface area contributed by atoms with Crippen molar-refractivity contribution in [2.24, 2.45) is 5.92 Å². The first-order valence-electron chi connectivity index (χ1n) is 5.88. The monoisotopic (exact) mass is 277 g/mol. The van der Waals surface area contributed by atoms with Gasteiger partial charge in [-0.2, -0.15) is 13.2 Å². The molecule has 0 spiro atoms. The van der Waals surface area contributed by atoms with Gasteiger partial charge in [0.15, 0.2) is 0 Å². The molecule has 100 valence electrons. The summed E-state index contributed by atoms with van der Waals surface area (Å²) in [6.07, 6.45) is -0.643. The number of rotatable bonds is 3. The maximum absolute atomic E-state index is 12.5. The third kappa shape index (κ3) is 2.36. The first-order chi connectivity index (χ1) is 7.97. The second kappa shape index (κ2) is 4.42. The largest absolute Gasteiger partial charge is 0.416 e. The molecule has 2 bridgehead atoms. The molecule has 1 N–H and O–H groups in total. The van der Waals surface area contributed by atoms with Crippen molar-refractivity contribution in [2.75, 3.05) is 0 Å². The van der Waals surface area contributed by atoms with Gasteiger partial charge in [0, 0.05) is 12.1 Å². The zero-order valence-electron chi connectivity index (χ0n) is 9.76. The van der Waals surface area contributed by atoms with Crippen molar-refractivity contribution in [3.8, 4) is 0 Å². The summed E-state index contributed by atoms with van der Waals surface area (Å²) in [4.78, 5) is 0. The van der Waals surface area contributed by atoms with Gasteiger partial charge in [0.2, 0.25) is 0 Å². The number of halogens is 4. The fourth-order valence-electron chi connectivity index (χ4n) is 2.84. The average molecular weight is 278 g/mol. The Balaban J connectivity index is 0.00000120. The quantitative estimate of drug-likeness (QED) is 0.887. The van der Waals surface area contributed by atoms with E-state index in [0.29, 0.717) is 12.1 Å². The molecule has 0 heterocycles. The molecular weight excluding hydrogens is 263 g/mol. The van der Waals surface area contributed by atoms with Gasteiger partial charge in [0.1, 0.15) is 0 Å². The van der Waals surface area contributed by atoms with E-state index in [4.69, 9.17) is 0 Å². The van der Waals surface area contributed by atoms with Crippen molar-refractivity contribution in [3.63, 3.8) is 0 Å². The zero-order chi connectivity index (χ0) is 12.1. The Kier molecular flexibility index (Phi) is 3.36. The lowest BCUT2D eigenvalue weighted by molar-refractivity contribution is -0.137. The maximum atomic E-state index is 12.5. The minimum Gasteiger partial charge on any atom is -0.307 e. The highest BCUT2D eigenvalue weighted by Crippen LogP contribution is 2.57. The molecule has 0 saturated heterocycles. The van der Waals surface area contributed by atoms with Gasteiger partial charge < -0.3 is 5.32 Å². The summed E-state index contributed by atoms with van der Waals surface area (Å²) in [5.41, 5.74) is 0.415. The third-order valence-corrected chi connectivity index (χ3v) is 3.96. The highest BCUT2D eigenvalue weighted by atomic mass is 35.5. The number of nitrogens with one attached hydrogen (secondary N) is 1. The fourth-order valence-corrected chi connectivity index (χ4v) is 2.84. The minimum absolute atomic E-state index is 0. The molecule has 1 aromatic carbocycles.